The Morgan fingerprint density at radius 3 is 2.53 bits per heavy atom. The highest BCUT2D eigenvalue weighted by molar-refractivity contribution is 5.82. The molecular weight excluding hydrogens is 228 g/mol. The number of hydrogen-bond acceptors (Lipinski definition) is 3. The summed E-state index contributed by atoms with van der Waals surface area (Å²) in [6.45, 7) is 2.66. The minimum absolute atomic E-state index is 0.0183. The van der Waals surface area contributed by atoms with E-state index in [0.29, 0.717) is 6.54 Å². The molecule has 0 aliphatic carbocycles. The van der Waals surface area contributed by atoms with Crippen LogP contribution in [0.5, 0.6) is 0 Å². The first kappa shape index (κ1) is 12.7. The number of rotatable bonds is 1. The predicted molar refractivity (Wildman–Crippen MR) is 60.0 cm³/mol. The number of piperazine rings is 1. The number of halogens is 2. The van der Waals surface area contributed by atoms with Crippen molar-refractivity contribution in [1.82, 2.24) is 15.1 Å². The second-order valence-corrected chi connectivity index (χ2v) is 4.88. The van der Waals surface area contributed by atoms with Crippen molar-refractivity contribution in [1.29, 1.82) is 0 Å². The fraction of sp³-hybridized carbons (Fsp3) is 0.909. The van der Waals surface area contributed by atoms with Crippen LogP contribution in [0.3, 0.4) is 0 Å². The van der Waals surface area contributed by atoms with Gasteiger partial charge >= 0.3 is 0 Å². The van der Waals surface area contributed by atoms with Crippen molar-refractivity contribution in [2.75, 3.05) is 39.8 Å². The maximum absolute atomic E-state index is 13.0. The van der Waals surface area contributed by atoms with E-state index in [-0.39, 0.29) is 37.9 Å². The molecule has 1 atom stereocenters. The van der Waals surface area contributed by atoms with Crippen LogP contribution >= 0.6 is 0 Å². The van der Waals surface area contributed by atoms with Gasteiger partial charge in [0.05, 0.1) is 0 Å². The minimum atomic E-state index is -2.59. The summed E-state index contributed by atoms with van der Waals surface area (Å²) in [4.78, 5) is 15.7. The van der Waals surface area contributed by atoms with Crippen LogP contribution in [0.25, 0.3) is 0 Å². The molecule has 0 saturated carbocycles. The fourth-order valence-corrected chi connectivity index (χ4v) is 2.35. The highest BCUT2D eigenvalue weighted by atomic mass is 19.3. The largest absolute Gasteiger partial charge is 0.341 e. The molecule has 1 unspecified atom stereocenters. The number of amides is 1. The lowest BCUT2D eigenvalue weighted by Crippen LogP contribution is -2.58. The Morgan fingerprint density at radius 2 is 1.94 bits per heavy atom. The van der Waals surface area contributed by atoms with E-state index >= 15 is 0 Å². The Labute approximate surface area is 99.9 Å². The van der Waals surface area contributed by atoms with Crippen molar-refractivity contribution in [3.63, 3.8) is 0 Å². The van der Waals surface area contributed by atoms with Gasteiger partial charge in [-0.3, -0.25) is 9.69 Å². The van der Waals surface area contributed by atoms with E-state index in [1.807, 2.05) is 11.9 Å². The average molecular weight is 247 g/mol. The lowest BCUT2D eigenvalue weighted by molar-refractivity contribution is -0.143. The third-order valence-electron chi connectivity index (χ3n) is 3.60. The van der Waals surface area contributed by atoms with Crippen LogP contribution in [0.4, 0.5) is 8.78 Å². The zero-order chi connectivity index (χ0) is 12.5. The summed E-state index contributed by atoms with van der Waals surface area (Å²) in [7, 11) is 1.90. The highest BCUT2D eigenvalue weighted by Crippen LogP contribution is 2.28. The topological polar surface area (TPSA) is 35.6 Å². The number of likely N-dealkylation sites (N-methyl/N-ethyl adjacent to an activating group) is 1. The van der Waals surface area contributed by atoms with Crippen molar-refractivity contribution in [3.05, 3.63) is 0 Å². The number of likely N-dealkylation sites (tertiary alicyclic amines) is 1. The molecule has 4 nitrogen and oxygen atoms in total. The van der Waals surface area contributed by atoms with E-state index in [1.165, 1.54) is 0 Å². The van der Waals surface area contributed by atoms with Gasteiger partial charge in [-0.1, -0.05) is 0 Å². The van der Waals surface area contributed by atoms with Gasteiger partial charge in [-0.25, -0.2) is 8.78 Å². The van der Waals surface area contributed by atoms with Crippen LogP contribution in [-0.4, -0.2) is 67.4 Å². The monoisotopic (exact) mass is 247 g/mol. The van der Waals surface area contributed by atoms with Gasteiger partial charge in [-0.15, -0.1) is 0 Å². The molecule has 0 aromatic rings. The van der Waals surface area contributed by atoms with E-state index in [2.05, 4.69) is 5.32 Å². The van der Waals surface area contributed by atoms with E-state index in [1.54, 1.807) is 4.90 Å². The molecule has 17 heavy (non-hydrogen) atoms. The molecule has 2 heterocycles. The molecule has 6 heteroatoms. The highest BCUT2D eigenvalue weighted by Gasteiger charge is 2.38. The Kier molecular flexibility index (Phi) is 3.63. The van der Waals surface area contributed by atoms with Crippen molar-refractivity contribution in [2.45, 2.75) is 24.8 Å². The smallest absolute Gasteiger partial charge is 0.251 e. The summed E-state index contributed by atoms with van der Waals surface area (Å²) in [6.07, 6.45) is -0.412. The zero-order valence-corrected chi connectivity index (χ0v) is 10.1. The number of carbonyl (C=O) groups is 1. The second kappa shape index (κ2) is 4.86. The Morgan fingerprint density at radius 1 is 1.29 bits per heavy atom. The van der Waals surface area contributed by atoms with Gasteiger partial charge < -0.3 is 10.2 Å². The van der Waals surface area contributed by atoms with Crippen molar-refractivity contribution in [2.24, 2.45) is 0 Å². The second-order valence-electron chi connectivity index (χ2n) is 4.88. The Hall–Kier alpha value is -0.750. The zero-order valence-electron chi connectivity index (χ0n) is 10.1. The van der Waals surface area contributed by atoms with Crippen LogP contribution < -0.4 is 5.32 Å². The minimum Gasteiger partial charge on any atom is -0.341 e. The van der Waals surface area contributed by atoms with Gasteiger partial charge in [0.25, 0.3) is 5.92 Å². The van der Waals surface area contributed by atoms with Gasteiger partial charge in [-0.2, -0.15) is 0 Å². The SMILES string of the molecule is CN1CCNCC1C(=O)N1CCC(F)(F)CC1. The molecule has 2 aliphatic rings. The molecule has 0 aromatic heterocycles. The van der Waals surface area contributed by atoms with Gasteiger partial charge in [0.2, 0.25) is 5.91 Å². The average Bonchev–Trinajstić information content (AvgIpc) is 2.29. The number of carbonyl (C=O) groups excluding carboxylic acids is 1. The van der Waals surface area contributed by atoms with E-state index in [0.717, 1.165) is 13.1 Å². The summed E-state index contributed by atoms with van der Waals surface area (Å²) in [6, 6.07) is -0.199. The van der Waals surface area contributed by atoms with Crippen LogP contribution in [-0.2, 0) is 4.79 Å². The normalized spacial score (nSPS) is 30.3. The molecule has 1 amide bonds. The number of alkyl halides is 2. The van der Waals surface area contributed by atoms with Crippen molar-refractivity contribution in [3.8, 4) is 0 Å². The molecule has 0 spiro atoms. The van der Waals surface area contributed by atoms with Crippen LogP contribution in [0.15, 0.2) is 0 Å². The van der Waals surface area contributed by atoms with Crippen LogP contribution in [0, 0.1) is 0 Å². The maximum atomic E-state index is 13.0. The third-order valence-corrected chi connectivity index (χ3v) is 3.60. The van der Waals surface area contributed by atoms with Gasteiger partial charge in [-0.05, 0) is 7.05 Å². The van der Waals surface area contributed by atoms with E-state index in [4.69, 9.17) is 0 Å². The molecule has 2 saturated heterocycles. The van der Waals surface area contributed by atoms with Gasteiger partial charge in [0.15, 0.2) is 0 Å². The quantitative estimate of drug-likeness (QED) is 0.716. The first-order valence-electron chi connectivity index (χ1n) is 6.07. The molecule has 0 bridgehead atoms. The molecule has 1 N–H and O–H groups in total. The van der Waals surface area contributed by atoms with E-state index < -0.39 is 5.92 Å². The fourth-order valence-electron chi connectivity index (χ4n) is 2.35. The summed E-state index contributed by atoms with van der Waals surface area (Å²) >= 11 is 0. The Balaban J connectivity index is 1.92. The first-order chi connectivity index (χ1) is 7.99. The number of nitrogens with one attached hydrogen (secondary N) is 1. The van der Waals surface area contributed by atoms with Crippen molar-refractivity contribution < 1.29 is 13.6 Å². The first-order valence-corrected chi connectivity index (χ1v) is 6.07. The van der Waals surface area contributed by atoms with Gasteiger partial charge in [0, 0.05) is 45.6 Å². The third kappa shape index (κ3) is 2.93. The molecule has 2 rings (SSSR count). The number of hydrogen-bond donors (Lipinski definition) is 1. The summed E-state index contributed by atoms with van der Waals surface area (Å²) in [5, 5.41) is 3.16. The number of piperidine rings is 1. The van der Waals surface area contributed by atoms with Gasteiger partial charge in [0.1, 0.15) is 6.04 Å². The number of nitrogens with zero attached hydrogens (tertiary/aromatic N) is 2. The summed E-state index contributed by atoms with van der Waals surface area (Å²) in [5.74, 6) is -2.61. The van der Waals surface area contributed by atoms with Crippen LogP contribution in [0.2, 0.25) is 0 Å². The molecule has 0 radical (unpaired) electrons. The predicted octanol–water partition coefficient (Wildman–Crippen LogP) is 0.148. The summed E-state index contributed by atoms with van der Waals surface area (Å²) < 4.78 is 26.0. The lowest BCUT2D eigenvalue weighted by atomic mass is 10.0. The summed E-state index contributed by atoms with van der Waals surface area (Å²) in [5.41, 5.74) is 0. The molecule has 2 aliphatic heterocycles. The molecule has 0 aromatic carbocycles. The molecular formula is C11H19F2N3O. The van der Waals surface area contributed by atoms with Crippen LogP contribution in [0.1, 0.15) is 12.8 Å². The van der Waals surface area contributed by atoms with Crippen molar-refractivity contribution >= 4 is 5.91 Å². The molecule has 2 fully saturated rings. The lowest BCUT2D eigenvalue weighted by Gasteiger charge is -2.38. The Bertz CT molecular complexity index is 288. The molecule has 98 valence electrons. The van der Waals surface area contributed by atoms with E-state index in [9.17, 15) is 13.6 Å². The standard InChI is InChI=1S/C11H19F2N3O/c1-15-7-4-14-8-9(15)10(17)16-5-2-11(12,13)3-6-16/h9,14H,2-8H2,1H3. The maximum Gasteiger partial charge on any atom is 0.251 e.